The van der Waals surface area contributed by atoms with Gasteiger partial charge in [0.15, 0.2) is 24.6 Å². The zero-order valence-electron chi connectivity index (χ0n) is 33.7. The fourth-order valence-electron chi connectivity index (χ4n) is 7.88. The molecule has 0 aromatic rings. The van der Waals surface area contributed by atoms with Crippen molar-refractivity contribution < 1.29 is 75.9 Å². The van der Waals surface area contributed by atoms with Crippen LogP contribution in [-0.4, -0.2) is 118 Å². The summed E-state index contributed by atoms with van der Waals surface area (Å²) in [5, 5.41) is 2.93. The fraction of sp³-hybridized carbons (Fsp3) is 0.806. The summed E-state index contributed by atoms with van der Waals surface area (Å²) in [6.07, 6.45) is -10.5. The largest absolute Gasteiger partial charge is 0.463 e. The van der Waals surface area contributed by atoms with Gasteiger partial charge in [-0.15, -0.1) is 0 Å². The van der Waals surface area contributed by atoms with Gasteiger partial charge in [0.1, 0.15) is 31.5 Å². The van der Waals surface area contributed by atoms with Gasteiger partial charge >= 0.3 is 35.8 Å². The third-order valence-corrected chi connectivity index (χ3v) is 15.6. The highest BCUT2D eigenvalue weighted by atomic mass is 28.4. The maximum absolute atomic E-state index is 13.0. The molecular weight excluding hydrogens is 730 g/mol. The molecule has 17 nitrogen and oxygen atoms in total. The number of amides is 1. The second-order valence-corrected chi connectivity index (χ2v) is 20.1. The van der Waals surface area contributed by atoms with Gasteiger partial charge in [-0.25, -0.2) is 0 Å². The van der Waals surface area contributed by atoms with Crippen LogP contribution in [0.25, 0.3) is 0 Å². The number of ether oxygens (including phenoxy) is 8. The maximum Gasteiger partial charge on any atom is 0.303 e. The molecule has 10 atom stereocenters. The summed E-state index contributed by atoms with van der Waals surface area (Å²) >= 11 is 0. The first-order valence-electron chi connectivity index (χ1n) is 18.2. The highest BCUT2D eigenvalue weighted by Crippen LogP contribution is 2.46. The molecule has 2 fully saturated rings. The van der Waals surface area contributed by atoms with Crippen molar-refractivity contribution in [2.24, 2.45) is 5.92 Å². The molecule has 0 bridgehead atoms. The van der Waals surface area contributed by atoms with E-state index < -0.39 is 118 Å². The van der Waals surface area contributed by atoms with Crippen LogP contribution in [0.2, 0.25) is 16.6 Å². The summed E-state index contributed by atoms with van der Waals surface area (Å²) in [6.45, 7) is 19.8. The normalized spacial score (nSPS) is 28.5. The summed E-state index contributed by atoms with van der Waals surface area (Å²) < 4.78 is 53.5. The molecule has 0 saturated carbocycles. The highest BCUT2D eigenvalue weighted by molar-refractivity contribution is 6.77. The average Bonchev–Trinajstić information content (AvgIpc) is 3.01. The molecule has 0 radical (unpaired) electrons. The Labute approximate surface area is 318 Å². The number of hydrogen-bond acceptors (Lipinski definition) is 16. The Balaban J connectivity index is 2.92. The molecule has 1 N–H and O–H groups in total. The van der Waals surface area contributed by atoms with Gasteiger partial charge in [-0.2, -0.15) is 0 Å². The predicted molar refractivity (Wildman–Crippen MR) is 191 cm³/mol. The van der Waals surface area contributed by atoms with E-state index in [-0.39, 0.29) is 29.7 Å². The third kappa shape index (κ3) is 12.5. The van der Waals surface area contributed by atoms with Crippen LogP contribution >= 0.6 is 0 Å². The minimum Gasteiger partial charge on any atom is -0.463 e. The van der Waals surface area contributed by atoms with E-state index >= 15 is 0 Å². The lowest BCUT2D eigenvalue weighted by atomic mass is 9.79. The van der Waals surface area contributed by atoms with Crippen LogP contribution < -0.4 is 5.32 Å². The van der Waals surface area contributed by atoms with Crippen molar-refractivity contribution in [3.05, 3.63) is 0 Å². The quantitative estimate of drug-likeness (QED) is 0.135. The Morgan fingerprint density at radius 1 is 0.537 bits per heavy atom. The van der Waals surface area contributed by atoms with Crippen LogP contribution in [-0.2, 0) is 75.9 Å². The van der Waals surface area contributed by atoms with E-state index in [9.17, 15) is 33.6 Å². The Hall–Kier alpha value is -3.61. The van der Waals surface area contributed by atoms with Crippen molar-refractivity contribution in [1.29, 1.82) is 0 Å². The number of carbonyl (C=O) groups excluding carboxylic acids is 7. The van der Waals surface area contributed by atoms with Crippen molar-refractivity contribution in [1.82, 2.24) is 5.32 Å². The number of nitrogens with one attached hydrogen (secondary N) is 1. The van der Waals surface area contributed by atoms with Crippen LogP contribution in [0.3, 0.4) is 0 Å². The van der Waals surface area contributed by atoms with Crippen LogP contribution in [0.15, 0.2) is 0 Å². The number of rotatable bonds is 16. The highest BCUT2D eigenvalue weighted by Gasteiger charge is 2.58. The summed E-state index contributed by atoms with van der Waals surface area (Å²) in [4.78, 5) is 87.1. The fourth-order valence-corrected chi connectivity index (χ4v) is 13.3. The first-order valence-corrected chi connectivity index (χ1v) is 20.4. The Bertz CT molecular complexity index is 1330. The molecule has 0 unspecified atom stereocenters. The topological polar surface area (TPSA) is 215 Å². The molecule has 2 aliphatic heterocycles. The molecule has 0 aliphatic carbocycles. The predicted octanol–water partition coefficient (Wildman–Crippen LogP) is 3.03. The van der Waals surface area contributed by atoms with Crippen LogP contribution in [0.1, 0.15) is 96.4 Å². The van der Waals surface area contributed by atoms with E-state index in [1.54, 1.807) is 0 Å². The van der Waals surface area contributed by atoms with Crippen molar-refractivity contribution >= 4 is 50.0 Å². The van der Waals surface area contributed by atoms with Crippen LogP contribution in [0, 0.1) is 5.92 Å². The van der Waals surface area contributed by atoms with E-state index in [1.165, 1.54) is 20.8 Å². The second-order valence-electron chi connectivity index (χ2n) is 14.7. The molecule has 2 aliphatic rings. The van der Waals surface area contributed by atoms with E-state index in [4.69, 9.17) is 42.3 Å². The Morgan fingerprint density at radius 2 is 0.926 bits per heavy atom. The number of carbonyl (C=O) groups is 7. The van der Waals surface area contributed by atoms with Gasteiger partial charge in [0.25, 0.3) is 0 Å². The standard InChI is InChI=1S/C36H59NO16Si/c1-17(2)54(18(3)4,19(5)6)53-36-31(37-20(7)38)27(32(47-23(10)41)29(52-36)15-45-21(8)39)14-28-33(48-24(11)42)35(50-26(13)44)34(49-25(12)43)30(51-28)16-46-22(9)40/h17-19,27-36H,14-16H2,1-13H3,(H,37,38)/t27-,28-,29-,30-,31-,32-,33-,34-,35-,36-/m1/s1. The minimum atomic E-state index is -2.79. The molecule has 2 saturated heterocycles. The average molecular weight is 790 g/mol. The Kier molecular flexibility index (Phi) is 17.5. The lowest BCUT2D eigenvalue weighted by Gasteiger charge is -2.52. The lowest BCUT2D eigenvalue weighted by Crippen LogP contribution is -2.68. The molecule has 0 spiro atoms. The van der Waals surface area contributed by atoms with E-state index in [1.807, 2.05) is 0 Å². The first-order chi connectivity index (χ1) is 25.0. The Morgan fingerprint density at radius 3 is 1.31 bits per heavy atom. The van der Waals surface area contributed by atoms with Gasteiger partial charge < -0.3 is 47.6 Å². The summed E-state index contributed by atoms with van der Waals surface area (Å²) in [5.41, 5.74) is 0.196. The third-order valence-electron chi connectivity index (χ3n) is 9.59. The molecule has 18 heteroatoms. The first kappa shape index (κ1) is 46.5. The molecule has 1 amide bonds. The van der Waals surface area contributed by atoms with Crippen LogP contribution in [0.4, 0.5) is 0 Å². The second kappa shape index (κ2) is 20.3. The van der Waals surface area contributed by atoms with Crippen molar-refractivity contribution in [3.8, 4) is 0 Å². The van der Waals surface area contributed by atoms with Crippen LogP contribution in [0.5, 0.6) is 0 Å². The van der Waals surface area contributed by atoms with E-state index in [0.717, 1.165) is 27.7 Å². The zero-order valence-corrected chi connectivity index (χ0v) is 34.7. The van der Waals surface area contributed by atoms with Gasteiger partial charge in [-0.3, -0.25) is 33.6 Å². The van der Waals surface area contributed by atoms with Gasteiger partial charge in [0.2, 0.25) is 14.2 Å². The van der Waals surface area contributed by atoms with E-state index in [0.29, 0.717) is 0 Å². The molecule has 54 heavy (non-hydrogen) atoms. The number of esters is 6. The molecule has 308 valence electrons. The lowest BCUT2D eigenvalue weighted by molar-refractivity contribution is -0.269. The summed E-state index contributed by atoms with van der Waals surface area (Å²) in [6, 6.07) is -1.05. The van der Waals surface area contributed by atoms with Crippen molar-refractivity contribution in [2.45, 2.75) is 168 Å². The summed E-state index contributed by atoms with van der Waals surface area (Å²) in [7, 11) is -2.79. The molecule has 0 aromatic carbocycles. The smallest absolute Gasteiger partial charge is 0.303 e. The van der Waals surface area contributed by atoms with E-state index in [2.05, 4.69) is 46.9 Å². The molecule has 2 heterocycles. The van der Waals surface area contributed by atoms with Crippen molar-refractivity contribution in [2.75, 3.05) is 13.2 Å². The monoisotopic (exact) mass is 789 g/mol. The zero-order chi connectivity index (χ0) is 41.2. The summed E-state index contributed by atoms with van der Waals surface area (Å²) in [5.74, 6) is -5.90. The molecule has 0 aromatic heterocycles. The van der Waals surface area contributed by atoms with Gasteiger partial charge in [0, 0.05) is 54.4 Å². The SMILES string of the molecule is CC(=O)N[C@H]1[C@@H](O[Si](C(C)C)(C(C)C)C(C)C)O[C@H](COC(C)=O)[C@H](OC(C)=O)[C@@H]1C[C@H]1O[C@H](COC(C)=O)[C@@H](OC(C)=O)[C@H](OC(C)=O)[C@@H]1OC(C)=O. The van der Waals surface area contributed by atoms with Gasteiger partial charge in [-0.05, 0) is 23.0 Å². The van der Waals surface area contributed by atoms with Gasteiger partial charge in [0.05, 0.1) is 12.1 Å². The molecular formula is C36H59NO16Si. The number of hydrogen-bond donors (Lipinski definition) is 1. The maximum atomic E-state index is 13.0. The minimum absolute atomic E-state index is 0.0652. The van der Waals surface area contributed by atoms with Crippen molar-refractivity contribution in [3.63, 3.8) is 0 Å². The molecule has 2 rings (SSSR count). The van der Waals surface area contributed by atoms with Gasteiger partial charge in [-0.1, -0.05) is 41.5 Å².